The maximum Gasteiger partial charge on any atom is 0.143 e. The topological polar surface area (TPSA) is 51.2 Å². The molecule has 0 unspecified atom stereocenters. The Balaban J connectivity index is 1.63. The van der Waals surface area contributed by atoms with Crippen molar-refractivity contribution in [3.63, 3.8) is 0 Å². The average molecular weight is 254 g/mol. The number of hydrogen-bond donors (Lipinski definition) is 0. The van der Waals surface area contributed by atoms with Gasteiger partial charge in [-0.3, -0.25) is 14.4 Å². The minimum absolute atomic E-state index is 0.0505. The largest absolute Gasteiger partial charge is 0.299 e. The van der Waals surface area contributed by atoms with Gasteiger partial charge in [-0.15, -0.1) is 0 Å². The van der Waals surface area contributed by atoms with Crippen molar-refractivity contribution in [3.8, 4) is 0 Å². The molecule has 0 spiro atoms. The van der Waals surface area contributed by atoms with Crippen LogP contribution in [0.5, 0.6) is 0 Å². The Morgan fingerprint density at radius 2 is 1.26 bits per heavy atom. The number of Topliss-reactive ketones (excluding diaryl/α,β-unsaturated/α-hetero) is 3. The molecule has 0 aromatic rings. The highest BCUT2D eigenvalue weighted by atomic mass is 16.1. The van der Waals surface area contributed by atoms with Gasteiger partial charge in [0.1, 0.15) is 17.3 Å². The van der Waals surface area contributed by atoms with Crippen molar-refractivity contribution < 1.29 is 14.4 Å². The zero-order valence-electron chi connectivity index (χ0n) is 10.5. The van der Waals surface area contributed by atoms with Crippen LogP contribution in [-0.2, 0) is 14.4 Å². The Kier molecular flexibility index (Phi) is 1.27. The lowest BCUT2D eigenvalue weighted by Crippen LogP contribution is -2.41. The SMILES string of the molecule is O=C1CC(=C2[C@@H]3C(=O)[C@H]4C[C@H]5C(=O)[C@@H]2[C@H]2[C@H]3[C@@H]4[C@@H]25)C1. The van der Waals surface area contributed by atoms with Gasteiger partial charge in [0.25, 0.3) is 0 Å². The second kappa shape index (κ2) is 2.50. The van der Waals surface area contributed by atoms with Crippen molar-refractivity contribution in [1.29, 1.82) is 0 Å². The van der Waals surface area contributed by atoms with Gasteiger partial charge >= 0.3 is 0 Å². The molecule has 0 aromatic heterocycles. The molecule has 6 fully saturated rings. The van der Waals surface area contributed by atoms with Crippen molar-refractivity contribution >= 4 is 17.3 Å². The van der Waals surface area contributed by atoms with Gasteiger partial charge in [-0.2, -0.15) is 0 Å². The number of hydrogen-bond acceptors (Lipinski definition) is 3. The fourth-order valence-electron chi connectivity index (χ4n) is 6.87. The lowest BCUT2D eigenvalue weighted by molar-refractivity contribution is -0.127. The van der Waals surface area contributed by atoms with Crippen LogP contribution >= 0.6 is 0 Å². The third kappa shape index (κ3) is 0.728. The van der Waals surface area contributed by atoms with E-state index in [4.69, 9.17) is 0 Å². The molecular formula is C16H14O3. The van der Waals surface area contributed by atoms with E-state index in [2.05, 4.69) is 0 Å². The van der Waals surface area contributed by atoms with Crippen LogP contribution in [0, 0.1) is 47.3 Å². The molecule has 0 heterocycles. The van der Waals surface area contributed by atoms with Crippen molar-refractivity contribution in [2.75, 3.05) is 0 Å². The summed E-state index contributed by atoms with van der Waals surface area (Å²) in [5, 5.41) is 0. The molecule has 19 heavy (non-hydrogen) atoms. The molecule has 96 valence electrons. The average Bonchev–Trinajstić information content (AvgIpc) is 2.92. The first-order valence-corrected chi connectivity index (χ1v) is 7.49. The van der Waals surface area contributed by atoms with Gasteiger partial charge < -0.3 is 0 Å². The van der Waals surface area contributed by atoms with Crippen LogP contribution in [0.1, 0.15) is 19.3 Å². The lowest BCUT2D eigenvalue weighted by Gasteiger charge is -2.43. The zero-order valence-corrected chi connectivity index (χ0v) is 10.5. The van der Waals surface area contributed by atoms with E-state index >= 15 is 0 Å². The lowest BCUT2D eigenvalue weighted by atomic mass is 9.60. The van der Waals surface area contributed by atoms with Crippen LogP contribution in [-0.4, -0.2) is 17.3 Å². The molecule has 6 rings (SSSR count). The van der Waals surface area contributed by atoms with Crippen LogP contribution in [0.15, 0.2) is 11.1 Å². The smallest absolute Gasteiger partial charge is 0.143 e. The summed E-state index contributed by atoms with van der Waals surface area (Å²) < 4.78 is 0. The van der Waals surface area contributed by atoms with Crippen molar-refractivity contribution in [2.24, 2.45) is 47.3 Å². The quantitative estimate of drug-likeness (QED) is 0.610. The molecule has 0 aliphatic heterocycles. The minimum atomic E-state index is 0.0505. The molecular weight excluding hydrogens is 240 g/mol. The maximum atomic E-state index is 12.7. The molecule has 3 nitrogen and oxygen atoms in total. The van der Waals surface area contributed by atoms with Crippen molar-refractivity contribution in [2.45, 2.75) is 19.3 Å². The van der Waals surface area contributed by atoms with Crippen LogP contribution in [0.25, 0.3) is 0 Å². The first-order chi connectivity index (χ1) is 9.18. The number of carbonyl (C=O) groups excluding carboxylic acids is 3. The first-order valence-electron chi connectivity index (χ1n) is 7.49. The second-order valence-electron chi connectivity index (χ2n) is 7.47. The Bertz CT molecular complexity index is 592. The minimum Gasteiger partial charge on any atom is -0.299 e. The summed E-state index contributed by atoms with van der Waals surface area (Å²) in [4.78, 5) is 36.6. The van der Waals surface area contributed by atoms with E-state index in [0.29, 0.717) is 48.1 Å². The molecule has 3 heteroatoms. The summed E-state index contributed by atoms with van der Waals surface area (Å²) in [6, 6.07) is 0. The Hall–Kier alpha value is -1.25. The Morgan fingerprint density at radius 3 is 1.74 bits per heavy atom. The number of allylic oxidation sites excluding steroid dienone is 2. The molecule has 0 aromatic carbocycles. The van der Waals surface area contributed by atoms with E-state index in [9.17, 15) is 14.4 Å². The molecule has 0 N–H and O–H groups in total. The van der Waals surface area contributed by atoms with Crippen LogP contribution in [0.4, 0.5) is 0 Å². The fraction of sp³-hybridized carbons (Fsp3) is 0.688. The van der Waals surface area contributed by atoms with E-state index in [1.54, 1.807) is 0 Å². The third-order valence-electron chi connectivity index (χ3n) is 7.23. The highest BCUT2D eigenvalue weighted by molar-refractivity contribution is 6.03. The number of ketones is 3. The molecule has 0 bridgehead atoms. The highest BCUT2D eigenvalue weighted by Gasteiger charge is 2.81. The summed E-state index contributed by atoms with van der Waals surface area (Å²) in [6.45, 7) is 0. The van der Waals surface area contributed by atoms with Gasteiger partial charge in [-0.05, 0) is 35.7 Å². The Labute approximate surface area is 110 Å². The molecule has 8 atom stereocenters. The van der Waals surface area contributed by atoms with E-state index in [0.717, 1.165) is 17.6 Å². The van der Waals surface area contributed by atoms with Crippen LogP contribution in [0.3, 0.4) is 0 Å². The predicted molar refractivity (Wildman–Crippen MR) is 63.8 cm³/mol. The van der Waals surface area contributed by atoms with E-state index in [-0.39, 0.29) is 29.5 Å². The van der Waals surface area contributed by atoms with E-state index in [1.165, 1.54) is 0 Å². The van der Waals surface area contributed by atoms with Crippen molar-refractivity contribution in [1.82, 2.24) is 0 Å². The monoisotopic (exact) mass is 254 g/mol. The van der Waals surface area contributed by atoms with Gasteiger partial charge in [-0.25, -0.2) is 0 Å². The fourth-order valence-corrected chi connectivity index (χ4v) is 6.87. The maximum absolute atomic E-state index is 12.7. The van der Waals surface area contributed by atoms with Gasteiger partial charge in [0.05, 0.1) is 0 Å². The standard InChI is InChI=1S/C16H14O3/c17-5-1-4(2-5)8-13-11-9-6(15(13)18)3-7-10(9)12(11)14(8)16(7)19/h6-7,9-14H,1-3H2/t6-,7+,9-,10-,11+,12+,13-,14-/m0/s1. The van der Waals surface area contributed by atoms with Crippen LogP contribution < -0.4 is 0 Å². The van der Waals surface area contributed by atoms with Gasteiger partial charge in [0, 0.05) is 36.5 Å². The molecule has 0 radical (unpaired) electrons. The normalized spacial score (nSPS) is 59.1. The molecule has 6 aliphatic carbocycles. The molecule has 6 saturated carbocycles. The molecule has 0 amide bonds. The van der Waals surface area contributed by atoms with Gasteiger partial charge in [0.2, 0.25) is 0 Å². The summed E-state index contributed by atoms with van der Waals surface area (Å²) in [7, 11) is 0. The Morgan fingerprint density at radius 1 is 0.737 bits per heavy atom. The summed E-state index contributed by atoms with van der Waals surface area (Å²) >= 11 is 0. The zero-order chi connectivity index (χ0) is 12.6. The number of carbonyl (C=O) groups is 3. The molecule has 0 saturated heterocycles. The van der Waals surface area contributed by atoms with Crippen molar-refractivity contribution in [3.05, 3.63) is 11.1 Å². The third-order valence-corrected chi connectivity index (χ3v) is 7.23. The second-order valence-corrected chi connectivity index (χ2v) is 7.47. The molecule has 6 aliphatic rings. The number of rotatable bonds is 0. The summed E-state index contributed by atoms with van der Waals surface area (Å²) in [5.41, 5.74) is 2.32. The summed E-state index contributed by atoms with van der Waals surface area (Å²) in [5.74, 6) is 3.68. The van der Waals surface area contributed by atoms with Gasteiger partial charge in [-0.1, -0.05) is 5.57 Å². The first kappa shape index (κ1) is 9.62. The predicted octanol–water partition coefficient (Wildman–Crippen LogP) is 1.17. The highest BCUT2D eigenvalue weighted by Crippen LogP contribution is 2.79. The van der Waals surface area contributed by atoms with E-state index in [1.807, 2.05) is 0 Å². The van der Waals surface area contributed by atoms with Crippen LogP contribution in [0.2, 0.25) is 0 Å². The van der Waals surface area contributed by atoms with Gasteiger partial charge in [0.15, 0.2) is 0 Å². The van der Waals surface area contributed by atoms with E-state index < -0.39 is 0 Å². The summed E-state index contributed by atoms with van der Waals surface area (Å²) in [6.07, 6.45) is 1.90.